The molecule has 3 heterocycles. The lowest BCUT2D eigenvalue weighted by atomic mass is 10.1. The topological polar surface area (TPSA) is 79.5 Å². The van der Waals surface area contributed by atoms with Gasteiger partial charge in [-0.15, -0.1) is 0 Å². The zero-order valence-corrected chi connectivity index (χ0v) is 11.0. The zero-order chi connectivity index (χ0) is 13.5. The fraction of sp³-hybridized carbons (Fsp3) is 0.429. The summed E-state index contributed by atoms with van der Waals surface area (Å²) < 4.78 is 16.7. The molecule has 0 spiro atoms. The van der Waals surface area contributed by atoms with E-state index in [1.165, 1.54) is 0 Å². The van der Waals surface area contributed by atoms with Crippen LogP contribution in [-0.4, -0.2) is 35.9 Å². The van der Waals surface area contributed by atoms with Crippen molar-refractivity contribution < 1.29 is 14.2 Å². The number of benzene rings is 1. The van der Waals surface area contributed by atoms with Gasteiger partial charge in [0.2, 0.25) is 0 Å². The number of hydrogen-bond donors (Lipinski definition) is 1. The molecular weight excluding hydrogens is 258 g/mol. The molecule has 1 aromatic heterocycles. The standard InChI is InChI=1S/C14H15N3O3/c15-13-10-2-1-8-3-6-19-12(8)11(10)16-14(17-13)20-9-4-5-18-7-9/h1-2,9H,3-7H2,(H2,15,16,17). The third-order valence-corrected chi connectivity index (χ3v) is 3.69. The SMILES string of the molecule is Nc1nc(OC2CCOC2)nc2c3c(ccc12)CCO3. The van der Waals surface area contributed by atoms with Gasteiger partial charge in [0.25, 0.3) is 0 Å². The van der Waals surface area contributed by atoms with Crippen LogP contribution in [0.4, 0.5) is 5.82 Å². The van der Waals surface area contributed by atoms with Gasteiger partial charge in [-0.25, -0.2) is 0 Å². The molecule has 104 valence electrons. The first-order valence-electron chi connectivity index (χ1n) is 6.77. The Kier molecular flexibility index (Phi) is 2.63. The van der Waals surface area contributed by atoms with E-state index in [1.807, 2.05) is 12.1 Å². The molecule has 2 N–H and O–H groups in total. The van der Waals surface area contributed by atoms with E-state index in [4.69, 9.17) is 19.9 Å². The minimum Gasteiger partial charge on any atom is -0.491 e. The lowest BCUT2D eigenvalue weighted by molar-refractivity contribution is 0.134. The number of fused-ring (bicyclic) bond motifs is 3. The van der Waals surface area contributed by atoms with Crippen LogP contribution in [0.5, 0.6) is 11.8 Å². The number of nitrogens with zero attached hydrogens (tertiary/aromatic N) is 2. The Morgan fingerprint density at radius 3 is 3.05 bits per heavy atom. The van der Waals surface area contributed by atoms with Crippen LogP contribution in [0.2, 0.25) is 0 Å². The molecule has 6 heteroatoms. The normalized spacial score (nSPS) is 20.9. The first-order valence-corrected chi connectivity index (χ1v) is 6.77. The summed E-state index contributed by atoms with van der Waals surface area (Å²) >= 11 is 0. The second-order valence-electron chi connectivity index (χ2n) is 5.04. The molecule has 6 nitrogen and oxygen atoms in total. The van der Waals surface area contributed by atoms with E-state index < -0.39 is 0 Å². The molecule has 1 saturated heterocycles. The largest absolute Gasteiger partial charge is 0.491 e. The fourth-order valence-corrected chi connectivity index (χ4v) is 2.64. The predicted octanol–water partition coefficient (Wildman–Crippen LogP) is 1.31. The van der Waals surface area contributed by atoms with E-state index in [2.05, 4.69) is 9.97 Å². The van der Waals surface area contributed by atoms with E-state index in [9.17, 15) is 0 Å². The highest BCUT2D eigenvalue weighted by atomic mass is 16.6. The average molecular weight is 273 g/mol. The summed E-state index contributed by atoms with van der Waals surface area (Å²) in [7, 11) is 0. The van der Waals surface area contributed by atoms with Gasteiger partial charge in [-0.3, -0.25) is 0 Å². The van der Waals surface area contributed by atoms with E-state index >= 15 is 0 Å². The van der Waals surface area contributed by atoms with E-state index in [0.717, 1.165) is 35.1 Å². The number of ether oxygens (including phenoxy) is 3. The molecule has 0 amide bonds. The van der Waals surface area contributed by atoms with Gasteiger partial charge in [-0.1, -0.05) is 6.07 Å². The first-order chi connectivity index (χ1) is 9.81. The highest BCUT2D eigenvalue weighted by molar-refractivity contribution is 5.93. The van der Waals surface area contributed by atoms with Crippen molar-refractivity contribution in [3.8, 4) is 11.8 Å². The first kappa shape index (κ1) is 11.7. The molecule has 1 aromatic carbocycles. The van der Waals surface area contributed by atoms with Gasteiger partial charge in [0.1, 0.15) is 23.2 Å². The van der Waals surface area contributed by atoms with Crippen molar-refractivity contribution in [3.63, 3.8) is 0 Å². The molecule has 4 rings (SSSR count). The maximum Gasteiger partial charge on any atom is 0.319 e. The molecule has 0 saturated carbocycles. The zero-order valence-electron chi connectivity index (χ0n) is 11.0. The Bertz CT molecular complexity index is 668. The van der Waals surface area contributed by atoms with Crippen LogP contribution < -0.4 is 15.2 Å². The number of anilines is 1. The predicted molar refractivity (Wildman–Crippen MR) is 73.0 cm³/mol. The summed E-state index contributed by atoms with van der Waals surface area (Å²) in [5, 5.41) is 0.806. The molecule has 0 aliphatic carbocycles. The minimum absolute atomic E-state index is 0.00419. The quantitative estimate of drug-likeness (QED) is 0.888. The van der Waals surface area contributed by atoms with Crippen molar-refractivity contribution >= 4 is 16.7 Å². The highest BCUT2D eigenvalue weighted by Gasteiger charge is 2.22. The Morgan fingerprint density at radius 2 is 2.20 bits per heavy atom. The minimum atomic E-state index is 0.00419. The molecule has 2 aliphatic heterocycles. The number of rotatable bonds is 2. The average Bonchev–Trinajstić information content (AvgIpc) is 3.08. The number of hydrogen-bond acceptors (Lipinski definition) is 6. The molecular formula is C14H15N3O3. The van der Waals surface area contributed by atoms with Crippen molar-refractivity contribution in [1.82, 2.24) is 9.97 Å². The maximum atomic E-state index is 6.01. The summed E-state index contributed by atoms with van der Waals surface area (Å²) in [6.07, 6.45) is 1.76. The number of nitrogens with two attached hydrogens (primary N) is 1. The van der Waals surface area contributed by atoms with Gasteiger partial charge in [-0.05, 0) is 11.6 Å². The molecule has 2 aromatic rings. The molecule has 2 aliphatic rings. The summed E-state index contributed by atoms with van der Waals surface area (Å²) in [4.78, 5) is 8.70. The third kappa shape index (κ3) is 1.84. The van der Waals surface area contributed by atoms with Crippen molar-refractivity contribution in [1.29, 1.82) is 0 Å². The van der Waals surface area contributed by atoms with E-state index in [1.54, 1.807) is 0 Å². The Balaban J connectivity index is 1.79. The molecule has 20 heavy (non-hydrogen) atoms. The van der Waals surface area contributed by atoms with Crippen LogP contribution in [0.3, 0.4) is 0 Å². The smallest absolute Gasteiger partial charge is 0.319 e. The van der Waals surface area contributed by atoms with E-state index in [-0.39, 0.29) is 6.10 Å². The van der Waals surface area contributed by atoms with Crippen molar-refractivity contribution in [2.24, 2.45) is 0 Å². The van der Waals surface area contributed by atoms with Crippen LogP contribution in [-0.2, 0) is 11.2 Å². The summed E-state index contributed by atoms with van der Waals surface area (Å²) in [5.41, 5.74) is 7.90. The number of aromatic nitrogens is 2. The lowest BCUT2D eigenvalue weighted by Gasteiger charge is -2.12. The second kappa shape index (κ2) is 4.49. The van der Waals surface area contributed by atoms with Gasteiger partial charge in [0, 0.05) is 18.2 Å². The van der Waals surface area contributed by atoms with Crippen LogP contribution in [0, 0.1) is 0 Å². The summed E-state index contributed by atoms with van der Waals surface area (Å²) in [6.45, 7) is 1.97. The van der Waals surface area contributed by atoms with Crippen LogP contribution >= 0.6 is 0 Å². The van der Waals surface area contributed by atoms with Crippen LogP contribution in [0.15, 0.2) is 12.1 Å². The summed E-state index contributed by atoms with van der Waals surface area (Å²) in [6, 6.07) is 4.27. The van der Waals surface area contributed by atoms with Crippen LogP contribution in [0.25, 0.3) is 10.9 Å². The highest BCUT2D eigenvalue weighted by Crippen LogP contribution is 2.35. The lowest BCUT2D eigenvalue weighted by Crippen LogP contribution is -2.17. The van der Waals surface area contributed by atoms with Gasteiger partial charge < -0.3 is 19.9 Å². The Hall–Kier alpha value is -2.08. The summed E-state index contributed by atoms with van der Waals surface area (Å²) in [5.74, 6) is 1.23. The third-order valence-electron chi connectivity index (χ3n) is 3.69. The molecule has 1 unspecified atom stereocenters. The van der Waals surface area contributed by atoms with Crippen LogP contribution in [0.1, 0.15) is 12.0 Å². The Morgan fingerprint density at radius 1 is 1.25 bits per heavy atom. The molecule has 0 radical (unpaired) electrons. The van der Waals surface area contributed by atoms with Crippen molar-refractivity contribution in [2.45, 2.75) is 18.9 Å². The van der Waals surface area contributed by atoms with E-state index in [0.29, 0.717) is 31.6 Å². The molecule has 1 atom stereocenters. The van der Waals surface area contributed by atoms with Gasteiger partial charge in [-0.2, -0.15) is 9.97 Å². The Labute approximate surface area is 115 Å². The number of nitrogen functional groups attached to an aromatic ring is 1. The second-order valence-corrected chi connectivity index (χ2v) is 5.04. The monoisotopic (exact) mass is 273 g/mol. The molecule has 0 bridgehead atoms. The van der Waals surface area contributed by atoms with Gasteiger partial charge in [0.05, 0.1) is 19.8 Å². The van der Waals surface area contributed by atoms with Gasteiger partial charge >= 0.3 is 6.01 Å². The van der Waals surface area contributed by atoms with Crippen molar-refractivity contribution in [2.75, 3.05) is 25.6 Å². The molecule has 1 fully saturated rings. The van der Waals surface area contributed by atoms with Crippen molar-refractivity contribution in [3.05, 3.63) is 17.7 Å². The maximum absolute atomic E-state index is 6.01. The van der Waals surface area contributed by atoms with Gasteiger partial charge in [0.15, 0.2) is 0 Å². The fourth-order valence-electron chi connectivity index (χ4n) is 2.64.